The highest BCUT2D eigenvalue weighted by Crippen LogP contribution is 1.96. The fourth-order valence-electron chi connectivity index (χ4n) is 1.83. The second kappa shape index (κ2) is 6.15. The molecular formula is C15H16N4O2. The van der Waals surface area contributed by atoms with E-state index in [9.17, 15) is 4.79 Å². The molecular weight excluding hydrogens is 268 g/mol. The van der Waals surface area contributed by atoms with Crippen LogP contribution >= 0.6 is 0 Å². The number of carbonyl (C=O) groups excluding carboxylic acids is 1. The lowest BCUT2D eigenvalue weighted by molar-refractivity contribution is 0.539. The Morgan fingerprint density at radius 2 is 2.10 bits per heavy atom. The topological polar surface area (TPSA) is 88.0 Å². The molecule has 2 heterocycles. The van der Waals surface area contributed by atoms with Gasteiger partial charge in [-0.25, -0.2) is 14.8 Å². The smallest absolute Gasteiger partial charge is 0.224 e. The van der Waals surface area contributed by atoms with E-state index in [4.69, 9.17) is 5.11 Å². The Bertz CT molecular complexity index is 887. The van der Waals surface area contributed by atoms with Crippen molar-refractivity contribution >= 4 is 18.2 Å². The van der Waals surface area contributed by atoms with Gasteiger partial charge in [-0.05, 0) is 32.9 Å². The molecule has 0 amide bonds. The molecule has 0 saturated heterocycles. The van der Waals surface area contributed by atoms with Crippen molar-refractivity contribution in [2.24, 2.45) is 0 Å². The Labute approximate surface area is 121 Å². The largest absolute Gasteiger partial charge is 0.515 e. The molecule has 0 radical (unpaired) electrons. The van der Waals surface area contributed by atoms with Gasteiger partial charge in [0.2, 0.25) is 5.95 Å². The first-order chi connectivity index (χ1) is 10.0. The number of rotatable bonds is 2. The summed E-state index contributed by atoms with van der Waals surface area (Å²) in [4.78, 5) is 23.8. The standard InChI is InChI=1S/C15H16N4O2/c1-9(2)17-15-16-6-12(14(8-21)19-15)13-5-4-11(7-20)10(3)18-13/h4-7,9,20H,1-3H3,(H,17,19)/b11-7+,13-12+. The van der Waals surface area contributed by atoms with Crippen LogP contribution in [0.5, 0.6) is 0 Å². The van der Waals surface area contributed by atoms with E-state index in [2.05, 4.69) is 20.3 Å². The molecule has 6 nitrogen and oxygen atoms in total. The molecule has 6 heteroatoms. The van der Waals surface area contributed by atoms with E-state index >= 15 is 0 Å². The summed E-state index contributed by atoms with van der Waals surface area (Å²) in [5, 5.41) is 13.9. The summed E-state index contributed by atoms with van der Waals surface area (Å²) in [6, 6.07) is 3.58. The Hall–Kier alpha value is -2.72. The van der Waals surface area contributed by atoms with Crippen LogP contribution in [0.3, 0.4) is 0 Å². The second-order valence-corrected chi connectivity index (χ2v) is 4.86. The van der Waals surface area contributed by atoms with Crippen molar-refractivity contribution in [2.45, 2.75) is 26.8 Å². The Balaban J connectivity index is 2.78. The van der Waals surface area contributed by atoms with Crippen molar-refractivity contribution in [3.8, 4) is 0 Å². The van der Waals surface area contributed by atoms with E-state index in [0.717, 1.165) is 6.26 Å². The van der Waals surface area contributed by atoms with E-state index in [1.165, 1.54) is 0 Å². The molecule has 2 rings (SSSR count). The predicted molar refractivity (Wildman–Crippen MR) is 78.6 cm³/mol. The molecule has 0 aliphatic carbocycles. The van der Waals surface area contributed by atoms with Gasteiger partial charge in [0, 0.05) is 23.2 Å². The van der Waals surface area contributed by atoms with Gasteiger partial charge < -0.3 is 10.4 Å². The molecule has 0 aromatic carbocycles. The monoisotopic (exact) mass is 284 g/mol. The van der Waals surface area contributed by atoms with Crippen molar-refractivity contribution < 1.29 is 9.90 Å². The fraction of sp³-hybridized carbons (Fsp3) is 0.267. The molecule has 108 valence electrons. The highest BCUT2D eigenvalue weighted by molar-refractivity contribution is 5.45. The zero-order valence-electron chi connectivity index (χ0n) is 12.1. The molecule has 2 aromatic heterocycles. The van der Waals surface area contributed by atoms with Crippen LogP contribution in [0.4, 0.5) is 5.95 Å². The van der Waals surface area contributed by atoms with Crippen molar-refractivity contribution in [3.63, 3.8) is 0 Å². The summed E-state index contributed by atoms with van der Waals surface area (Å²) in [6.07, 6.45) is 2.53. The molecule has 0 bridgehead atoms. The highest BCUT2D eigenvalue weighted by atomic mass is 16.2. The quantitative estimate of drug-likeness (QED) is 0.812. The minimum absolute atomic E-state index is 0.153. The maximum Gasteiger partial charge on any atom is 0.224 e. The Morgan fingerprint density at radius 1 is 1.33 bits per heavy atom. The van der Waals surface area contributed by atoms with E-state index in [-0.39, 0.29) is 11.4 Å². The molecule has 21 heavy (non-hydrogen) atoms. The third-order valence-electron chi connectivity index (χ3n) is 2.84. The van der Waals surface area contributed by atoms with E-state index in [0.29, 0.717) is 27.4 Å². The van der Waals surface area contributed by atoms with Crippen LogP contribution in [0.25, 0.3) is 6.26 Å². The van der Waals surface area contributed by atoms with E-state index in [1.807, 2.05) is 19.8 Å². The van der Waals surface area contributed by atoms with Crippen LogP contribution in [0.15, 0.2) is 18.3 Å². The number of aliphatic hydroxyl groups excluding tert-OH is 1. The maximum atomic E-state index is 11.1. The Morgan fingerprint density at radius 3 is 2.67 bits per heavy atom. The van der Waals surface area contributed by atoms with Gasteiger partial charge in [0.1, 0.15) is 0 Å². The average Bonchev–Trinajstić information content (AvgIpc) is 2.46. The summed E-state index contributed by atoms with van der Waals surface area (Å²) in [5.41, 5.74) is 0.649. The summed E-state index contributed by atoms with van der Waals surface area (Å²) in [6.45, 7) is 5.68. The number of hydrogen-bond acceptors (Lipinski definition) is 6. The van der Waals surface area contributed by atoms with Crippen LogP contribution in [0, 0.1) is 17.5 Å². The van der Waals surface area contributed by atoms with Gasteiger partial charge in [0.25, 0.3) is 0 Å². The number of pyridine rings is 1. The van der Waals surface area contributed by atoms with Crippen LogP contribution in [0.1, 0.15) is 19.5 Å². The van der Waals surface area contributed by atoms with Gasteiger partial charge >= 0.3 is 0 Å². The van der Waals surface area contributed by atoms with Crippen LogP contribution in [-0.4, -0.2) is 32.0 Å². The lowest BCUT2D eigenvalue weighted by atomic mass is 10.2. The van der Waals surface area contributed by atoms with Gasteiger partial charge in [-0.2, -0.15) is 0 Å². The van der Waals surface area contributed by atoms with Crippen LogP contribution < -0.4 is 15.9 Å². The summed E-state index contributed by atoms with van der Waals surface area (Å²) < 4.78 is 0. The van der Waals surface area contributed by atoms with Gasteiger partial charge in [0.15, 0.2) is 11.3 Å². The lowest BCUT2D eigenvalue weighted by Crippen LogP contribution is -2.20. The zero-order valence-corrected chi connectivity index (χ0v) is 12.1. The number of aliphatic hydroxyl groups is 1. The molecule has 0 aliphatic heterocycles. The van der Waals surface area contributed by atoms with Crippen LogP contribution in [0.2, 0.25) is 0 Å². The molecule has 0 saturated carbocycles. The van der Waals surface area contributed by atoms with Crippen molar-refractivity contribution in [2.75, 3.05) is 5.32 Å². The van der Waals surface area contributed by atoms with E-state index in [1.54, 1.807) is 25.3 Å². The number of aryl methyl sites for hydroxylation is 1. The van der Waals surface area contributed by atoms with Crippen molar-refractivity contribution in [1.82, 2.24) is 15.0 Å². The number of aromatic nitrogens is 3. The van der Waals surface area contributed by atoms with Gasteiger partial charge in [-0.3, -0.25) is 4.98 Å². The average molecular weight is 284 g/mol. The summed E-state index contributed by atoms with van der Waals surface area (Å²) >= 11 is 0. The van der Waals surface area contributed by atoms with E-state index < -0.39 is 0 Å². The molecule has 0 aliphatic rings. The van der Waals surface area contributed by atoms with Crippen molar-refractivity contribution in [1.29, 1.82) is 0 Å². The third-order valence-corrected chi connectivity index (χ3v) is 2.84. The summed E-state index contributed by atoms with van der Waals surface area (Å²) in [7, 11) is 0. The highest BCUT2D eigenvalue weighted by Gasteiger charge is 2.00. The number of anilines is 1. The molecule has 2 N–H and O–H groups in total. The predicted octanol–water partition coefficient (Wildman–Crippen LogP) is 0.0865. The zero-order chi connectivity index (χ0) is 15.4. The SMILES string of the molecule is Cc1n/c(=c2\cnc(NC(C)C)nc2=C=O)cc/c1=C\O. The first-order valence-electron chi connectivity index (χ1n) is 6.52. The third kappa shape index (κ3) is 3.24. The Kier molecular flexibility index (Phi) is 4.30. The molecule has 0 unspecified atom stereocenters. The molecule has 2 aromatic rings. The van der Waals surface area contributed by atoms with Gasteiger partial charge in [-0.1, -0.05) is 0 Å². The van der Waals surface area contributed by atoms with Crippen LogP contribution in [-0.2, 0) is 4.79 Å². The number of hydrogen-bond donors (Lipinski definition) is 2. The summed E-state index contributed by atoms with van der Waals surface area (Å²) in [5.74, 6) is 2.20. The maximum absolute atomic E-state index is 11.1. The normalized spacial score (nSPS) is 13.2. The first-order valence-corrected chi connectivity index (χ1v) is 6.52. The minimum atomic E-state index is 0.153. The number of nitrogens with one attached hydrogen (secondary N) is 1. The minimum Gasteiger partial charge on any atom is -0.515 e. The number of nitrogens with zero attached hydrogens (tertiary/aromatic N) is 3. The second-order valence-electron chi connectivity index (χ2n) is 4.86. The molecule has 0 spiro atoms. The lowest BCUT2D eigenvalue weighted by Gasteiger charge is -2.06. The molecule has 0 fully saturated rings. The van der Waals surface area contributed by atoms with Gasteiger partial charge in [-0.15, -0.1) is 0 Å². The fourth-order valence-corrected chi connectivity index (χ4v) is 1.83. The first kappa shape index (κ1) is 14.7. The van der Waals surface area contributed by atoms with Crippen molar-refractivity contribution in [3.05, 3.63) is 45.2 Å². The van der Waals surface area contributed by atoms with Gasteiger partial charge in [0.05, 0.1) is 16.8 Å². The molecule has 0 atom stereocenters.